The summed E-state index contributed by atoms with van der Waals surface area (Å²) in [7, 11) is 0. The molecule has 2 fully saturated rings. The highest BCUT2D eigenvalue weighted by atomic mass is 16.5. The Hall–Kier alpha value is -2.37. The molecule has 2 aromatic carbocycles. The molecule has 32 heavy (non-hydrogen) atoms. The van der Waals surface area contributed by atoms with Gasteiger partial charge in [0, 0.05) is 32.5 Å². The van der Waals surface area contributed by atoms with Gasteiger partial charge in [-0.1, -0.05) is 42.5 Å². The van der Waals surface area contributed by atoms with Crippen LogP contribution in [0.2, 0.25) is 0 Å². The van der Waals surface area contributed by atoms with Crippen molar-refractivity contribution in [2.24, 2.45) is 0 Å². The van der Waals surface area contributed by atoms with Crippen LogP contribution in [0, 0.1) is 6.92 Å². The van der Waals surface area contributed by atoms with Crippen molar-refractivity contribution in [3.63, 3.8) is 0 Å². The van der Waals surface area contributed by atoms with E-state index >= 15 is 0 Å². The summed E-state index contributed by atoms with van der Waals surface area (Å²) in [5.41, 5.74) is 2.61. The summed E-state index contributed by atoms with van der Waals surface area (Å²) in [4.78, 5) is 15.3. The molecule has 2 atom stereocenters. The Morgan fingerprint density at radius 2 is 1.81 bits per heavy atom. The lowest BCUT2D eigenvalue weighted by molar-refractivity contribution is -0.190. The average molecular weight is 438 g/mol. The smallest absolute Gasteiger partial charge is 0.257 e. The van der Waals surface area contributed by atoms with E-state index in [0.717, 1.165) is 31.2 Å². The highest BCUT2D eigenvalue weighted by Crippen LogP contribution is 2.44. The van der Waals surface area contributed by atoms with Gasteiger partial charge in [-0.2, -0.15) is 0 Å². The number of rotatable bonds is 6. The molecule has 2 unspecified atom stereocenters. The molecule has 0 bridgehead atoms. The minimum Gasteiger partial charge on any atom is -0.493 e. The van der Waals surface area contributed by atoms with Crippen LogP contribution in [0.25, 0.3) is 0 Å². The lowest BCUT2D eigenvalue weighted by atomic mass is 9.80. The van der Waals surface area contributed by atoms with E-state index in [-0.39, 0.29) is 23.7 Å². The number of piperidine rings is 1. The number of benzene rings is 2. The Bertz CT molecular complexity index is 905. The third-order valence-electron chi connectivity index (χ3n) is 6.74. The van der Waals surface area contributed by atoms with Crippen molar-refractivity contribution in [3.8, 4) is 5.75 Å². The van der Waals surface area contributed by atoms with Crippen molar-refractivity contribution < 1.29 is 19.0 Å². The number of hydrogen-bond donors (Lipinski definition) is 0. The zero-order valence-electron chi connectivity index (χ0n) is 19.5. The molecule has 1 spiro atoms. The molecule has 1 amide bonds. The van der Waals surface area contributed by atoms with E-state index in [2.05, 4.69) is 31.2 Å². The molecule has 2 aliphatic rings. The molecule has 172 valence electrons. The van der Waals surface area contributed by atoms with Gasteiger partial charge in [0.05, 0.1) is 30.0 Å². The lowest BCUT2D eigenvalue weighted by Crippen LogP contribution is -2.52. The number of carbonyl (C=O) groups is 1. The van der Waals surface area contributed by atoms with Crippen LogP contribution in [0.4, 0.5) is 0 Å². The van der Waals surface area contributed by atoms with Crippen LogP contribution < -0.4 is 4.74 Å². The highest BCUT2D eigenvalue weighted by Gasteiger charge is 2.45. The van der Waals surface area contributed by atoms with E-state index in [1.54, 1.807) is 0 Å². The molecular formula is C27H35NO4. The largest absolute Gasteiger partial charge is 0.493 e. The maximum absolute atomic E-state index is 13.4. The highest BCUT2D eigenvalue weighted by molar-refractivity contribution is 5.97. The molecule has 0 aliphatic carbocycles. The molecule has 5 heteroatoms. The fourth-order valence-corrected chi connectivity index (χ4v) is 5.14. The number of amides is 1. The zero-order chi connectivity index (χ0) is 22.6. The summed E-state index contributed by atoms with van der Waals surface area (Å²) >= 11 is 0. The summed E-state index contributed by atoms with van der Waals surface area (Å²) in [5, 5.41) is 0. The third kappa shape index (κ3) is 4.84. The summed E-state index contributed by atoms with van der Waals surface area (Å²) in [6.07, 6.45) is 3.63. The topological polar surface area (TPSA) is 48.0 Å². The fraction of sp³-hybridized carbons (Fsp3) is 0.519. The van der Waals surface area contributed by atoms with E-state index in [1.807, 2.05) is 43.0 Å². The van der Waals surface area contributed by atoms with E-state index in [4.69, 9.17) is 14.2 Å². The van der Waals surface area contributed by atoms with E-state index in [9.17, 15) is 4.79 Å². The molecular weight excluding hydrogens is 402 g/mol. The molecule has 4 rings (SSSR count). The molecule has 2 saturated heterocycles. The Morgan fingerprint density at radius 3 is 2.50 bits per heavy atom. The minimum atomic E-state index is -0.245. The van der Waals surface area contributed by atoms with Crippen LogP contribution in [0.1, 0.15) is 67.1 Å². The van der Waals surface area contributed by atoms with Gasteiger partial charge in [-0.25, -0.2) is 0 Å². The van der Waals surface area contributed by atoms with E-state index < -0.39 is 0 Å². The number of aryl methyl sites for hydroxylation is 1. The van der Waals surface area contributed by atoms with Gasteiger partial charge in [0.2, 0.25) is 0 Å². The first-order chi connectivity index (χ1) is 15.5. The van der Waals surface area contributed by atoms with Crippen molar-refractivity contribution in [1.29, 1.82) is 0 Å². The Balaban J connectivity index is 1.49. The first-order valence-electron chi connectivity index (χ1n) is 11.9. The Labute approximate surface area is 191 Å². The van der Waals surface area contributed by atoms with Crippen molar-refractivity contribution >= 4 is 5.91 Å². The van der Waals surface area contributed by atoms with Gasteiger partial charge in [0.1, 0.15) is 5.75 Å². The SMILES string of the molecule is CCOc1c(C)cccc1C(=O)N1CCC2(CC1)CC(OCC)CC(c1ccccc1)O2. The van der Waals surface area contributed by atoms with Crippen LogP contribution in [-0.2, 0) is 9.47 Å². The van der Waals surface area contributed by atoms with Crippen LogP contribution >= 0.6 is 0 Å². The normalized spacial score (nSPS) is 22.7. The predicted molar refractivity (Wildman–Crippen MR) is 125 cm³/mol. The van der Waals surface area contributed by atoms with Gasteiger partial charge in [-0.15, -0.1) is 0 Å². The summed E-state index contributed by atoms with van der Waals surface area (Å²) in [6, 6.07) is 16.2. The van der Waals surface area contributed by atoms with Gasteiger partial charge in [-0.3, -0.25) is 4.79 Å². The molecule has 0 N–H and O–H groups in total. The number of likely N-dealkylation sites (tertiary alicyclic amines) is 1. The number of carbonyl (C=O) groups excluding carboxylic acids is 1. The quantitative estimate of drug-likeness (QED) is 0.613. The maximum atomic E-state index is 13.4. The number of nitrogens with zero attached hydrogens (tertiary/aromatic N) is 1. The molecule has 2 aromatic rings. The predicted octanol–water partition coefficient (Wildman–Crippen LogP) is 5.33. The molecule has 0 saturated carbocycles. The summed E-state index contributed by atoms with van der Waals surface area (Å²) in [5.74, 6) is 0.749. The number of ether oxygens (including phenoxy) is 3. The Kier molecular flexibility index (Phi) is 7.17. The van der Waals surface area contributed by atoms with Crippen LogP contribution in [0.5, 0.6) is 5.75 Å². The standard InChI is InChI=1S/C27H35NO4/c1-4-30-22-18-24(21-11-7-6-8-12-21)32-27(19-22)14-16-28(17-15-27)26(29)23-13-9-10-20(3)25(23)31-5-2/h6-13,22,24H,4-5,14-19H2,1-3H3. The third-order valence-corrected chi connectivity index (χ3v) is 6.74. The monoisotopic (exact) mass is 437 g/mol. The average Bonchev–Trinajstić information content (AvgIpc) is 2.81. The lowest BCUT2D eigenvalue weighted by Gasteiger charge is -2.48. The molecule has 0 radical (unpaired) electrons. The van der Waals surface area contributed by atoms with Gasteiger partial charge in [0.15, 0.2) is 0 Å². The maximum Gasteiger partial charge on any atom is 0.257 e. The number of para-hydroxylation sites is 1. The van der Waals surface area contributed by atoms with Gasteiger partial charge in [0.25, 0.3) is 5.91 Å². The van der Waals surface area contributed by atoms with Crippen LogP contribution in [0.3, 0.4) is 0 Å². The molecule has 2 aliphatic heterocycles. The van der Waals surface area contributed by atoms with Crippen molar-refractivity contribution in [2.45, 2.75) is 64.3 Å². The van der Waals surface area contributed by atoms with Crippen molar-refractivity contribution in [3.05, 3.63) is 65.2 Å². The van der Waals surface area contributed by atoms with Crippen molar-refractivity contribution in [1.82, 2.24) is 4.90 Å². The molecule has 2 heterocycles. The van der Waals surface area contributed by atoms with E-state index in [0.29, 0.717) is 37.6 Å². The second-order valence-corrected chi connectivity index (χ2v) is 8.89. The first-order valence-corrected chi connectivity index (χ1v) is 11.9. The zero-order valence-corrected chi connectivity index (χ0v) is 19.5. The Morgan fingerprint density at radius 1 is 1.06 bits per heavy atom. The van der Waals surface area contributed by atoms with Gasteiger partial charge in [-0.05, 0) is 50.8 Å². The van der Waals surface area contributed by atoms with E-state index in [1.165, 1.54) is 5.56 Å². The molecule has 5 nitrogen and oxygen atoms in total. The van der Waals surface area contributed by atoms with Crippen LogP contribution in [-0.4, -0.2) is 48.8 Å². The fourth-order valence-electron chi connectivity index (χ4n) is 5.14. The van der Waals surface area contributed by atoms with Gasteiger partial charge >= 0.3 is 0 Å². The summed E-state index contributed by atoms with van der Waals surface area (Å²) < 4.78 is 18.6. The van der Waals surface area contributed by atoms with Crippen molar-refractivity contribution in [2.75, 3.05) is 26.3 Å². The molecule has 0 aromatic heterocycles. The second-order valence-electron chi connectivity index (χ2n) is 8.89. The second kappa shape index (κ2) is 10.1. The first kappa shape index (κ1) is 22.8. The number of hydrogen-bond acceptors (Lipinski definition) is 4. The van der Waals surface area contributed by atoms with Crippen LogP contribution in [0.15, 0.2) is 48.5 Å². The minimum absolute atomic E-state index is 0.0325. The summed E-state index contributed by atoms with van der Waals surface area (Å²) in [6.45, 7) is 8.60. The van der Waals surface area contributed by atoms with Gasteiger partial charge < -0.3 is 19.1 Å².